The summed E-state index contributed by atoms with van der Waals surface area (Å²) in [5, 5.41) is 9.64. The van der Waals surface area contributed by atoms with Crippen molar-refractivity contribution < 1.29 is 19.4 Å². The number of phenolic OH excluding ortho intramolecular Hbond substituents is 1. The van der Waals surface area contributed by atoms with E-state index in [4.69, 9.17) is 4.74 Å². The van der Waals surface area contributed by atoms with Gasteiger partial charge in [-0.15, -0.1) is 0 Å². The third kappa shape index (κ3) is 3.68. The fourth-order valence-corrected chi connectivity index (χ4v) is 3.49. The Morgan fingerprint density at radius 3 is 2.37 bits per heavy atom. The zero-order chi connectivity index (χ0) is 19.8. The van der Waals surface area contributed by atoms with Gasteiger partial charge < -0.3 is 9.84 Å². The van der Waals surface area contributed by atoms with Gasteiger partial charge in [0.1, 0.15) is 11.8 Å². The van der Waals surface area contributed by atoms with E-state index in [-0.39, 0.29) is 17.1 Å². The van der Waals surface area contributed by atoms with E-state index in [1.54, 1.807) is 18.2 Å². The molecule has 1 aliphatic rings. The van der Waals surface area contributed by atoms with Gasteiger partial charge in [-0.1, -0.05) is 45.0 Å². The standard InChI is InChI=1S/C22H25NO4/c1-22(2,3)15-8-10-16(11-9-15)23-19(21(26)27-4)18(20(23)25)13-14-6-5-7-17(24)12-14/h5-12,18-19,24H,13H2,1-4H3/t18-,19?/m0/s1. The largest absolute Gasteiger partial charge is 0.508 e. The molecule has 1 amide bonds. The van der Waals surface area contributed by atoms with Crippen molar-refractivity contribution in [3.8, 4) is 5.75 Å². The molecule has 1 unspecified atom stereocenters. The second-order valence-electron chi connectivity index (χ2n) is 7.95. The quantitative estimate of drug-likeness (QED) is 0.664. The van der Waals surface area contributed by atoms with Gasteiger partial charge in [0.25, 0.3) is 0 Å². The predicted molar refractivity (Wildman–Crippen MR) is 104 cm³/mol. The molecule has 2 aromatic rings. The van der Waals surface area contributed by atoms with Crippen molar-refractivity contribution >= 4 is 17.6 Å². The SMILES string of the molecule is COC(=O)C1[C@H](Cc2cccc(O)c2)C(=O)N1c1ccc(C(C)(C)C)cc1. The summed E-state index contributed by atoms with van der Waals surface area (Å²) in [4.78, 5) is 26.7. The Balaban J connectivity index is 1.85. The van der Waals surface area contributed by atoms with E-state index in [1.807, 2.05) is 30.3 Å². The number of ether oxygens (including phenoxy) is 1. The molecule has 5 heteroatoms. The van der Waals surface area contributed by atoms with Crippen LogP contribution in [0.25, 0.3) is 0 Å². The normalized spacial score (nSPS) is 19.6. The zero-order valence-corrected chi connectivity index (χ0v) is 16.1. The minimum atomic E-state index is -0.662. The van der Waals surface area contributed by atoms with E-state index in [0.29, 0.717) is 12.1 Å². The van der Waals surface area contributed by atoms with Crippen LogP contribution in [0.15, 0.2) is 48.5 Å². The summed E-state index contributed by atoms with van der Waals surface area (Å²) in [5.74, 6) is -0.901. The van der Waals surface area contributed by atoms with Crippen LogP contribution in [0.5, 0.6) is 5.75 Å². The van der Waals surface area contributed by atoms with Crippen molar-refractivity contribution in [3.63, 3.8) is 0 Å². The van der Waals surface area contributed by atoms with Crippen LogP contribution in [0.3, 0.4) is 0 Å². The van der Waals surface area contributed by atoms with Gasteiger partial charge in [-0.25, -0.2) is 4.79 Å². The topological polar surface area (TPSA) is 66.8 Å². The molecule has 0 aliphatic carbocycles. The number of carbonyl (C=O) groups excluding carboxylic acids is 2. The molecule has 27 heavy (non-hydrogen) atoms. The van der Waals surface area contributed by atoms with Gasteiger partial charge in [0, 0.05) is 5.69 Å². The summed E-state index contributed by atoms with van der Waals surface area (Å²) in [6.07, 6.45) is 0.379. The zero-order valence-electron chi connectivity index (χ0n) is 16.1. The number of methoxy groups -OCH3 is 1. The lowest BCUT2D eigenvalue weighted by Crippen LogP contribution is -2.65. The summed E-state index contributed by atoms with van der Waals surface area (Å²) < 4.78 is 4.94. The van der Waals surface area contributed by atoms with E-state index in [9.17, 15) is 14.7 Å². The van der Waals surface area contributed by atoms with Gasteiger partial charge >= 0.3 is 5.97 Å². The van der Waals surface area contributed by atoms with Crippen molar-refractivity contribution in [1.82, 2.24) is 0 Å². The molecule has 0 spiro atoms. The molecular weight excluding hydrogens is 342 g/mol. The van der Waals surface area contributed by atoms with Crippen molar-refractivity contribution in [3.05, 3.63) is 59.7 Å². The van der Waals surface area contributed by atoms with Crippen molar-refractivity contribution in [2.75, 3.05) is 12.0 Å². The first-order valence-corrected chi connectivity index (χ1v) is 9.01. The van der Waals surface area contributed by atoms with Gasteiger partial charge in [-0.2, -0.15) is 0 Å². The van der Waals surface area contributed by atoms with Gasteiger partial charge in [-0.3, -0.25) is 9.69 Å². The van der Waals surface area contributed by atoms with Crippen LogP contribution in [-0.2, 0) is 26.2 Å². The number of aromatic hydroxyl groups is 1. The first kappa shape index (κ1) is 19.0. The molecule has 2 atom stereocenters. The highest BCUT2D eigenvalue weighted by molar-refractivity contribution is 6.10. The first-order chi connectivity index (χ1) is 12.7. The minimum Gasteiger partial charge on any atom is -0.508 e. The maximum atomic E-state index is 12.8. The van der Waals surface area contributed by atoms with Crippen molar-refractivity contribution in [2.45, 2.75) is 38.6 Å². The smallest absolute Gasteiger partial charge is 0.329 e. The van der Waals surface area contributed by atoms with Crippen LogP contribution >= 0.6 is 0 Å². The summed E-state index contributed by atoms with van der Waals surface area (Å²) in [5.41, 5.74) is 2.67. The van der Waals surface area contributed by atoms with E-state index >= 15 is 0 Å². The van der Waals surface area contributed by atoms with Crippen LogP contribution in [0, 0.1) is 5.92 Å². The maximum Gasteiger partial charge on any atom is 0.329 e. The predicted octanol–water partition coefficient (Wildman–Crippen LogP) is 3.44. The molecule has 5 nitrogen and oxygen atoms in total. The van der Waals surface area contributed by atoms with Gasteiger partial charge in [0.2, 0.25) is 5.91 Å². The van der Waals surface area contributed by atoms with Gasteiger partial charge in [0.15, 0.2) is 0 Å². The molecule has 2 aromatic carbocycles. The Kier molecular flexibility index (Phi) is 4.96. The summed E-state index contributed by atoms with van der Waals surface area (Å²) >= 11 is 0. The number of phenols is 1. The second-order valence-corrected chi connectivity index (χ2v) is 7.95. The average molecular weight is 367 g/mol. The maximum absolute atomic E-state index is 12.8. The molecular formula is C22H25NO4. The highest BCUT2D eigenvalue weighted by atomic mass is 16.5. The number of esters is 1. The molecule has 1 N–H and O–H groups in total. The summed E-state index contributed by atoms with van der Waals surface area (Å²) in [7, 11) is 1.33. The number of amides is 1. The molecule has 0 bridgehead atoms. The van der Waals surface area contributed by atoms with E-state index in [0.717, 1.165) is 11.1 Å². The third-order valence-electron chi connectivity index (χ3n) is 5.03. The number of rotatable bonds is 4. The lowest BCUT2D eigenvalue weighted by atomic mass is 9.81. The lowest BCUT2D eigenvalue weighted by molar-refractivity contribution is -0.152. The lowest BCUT2D eigenvalue weighted by Gasteiger charge is -2.45. The molecule has 0 aromatic heterocycles. The minimum absolute atomic E-state index is 0.0110. The number of nitrogens with zero attached hydrogens (tertiary/aromatic N) is 1. The Bertz CT molecular complexity index is 851. The van der Waals surface area contributed by atoms with Gasteiger partial charge in [0.05, 0.1) is 13.0 Å². The monoisotopic (exact) mass is 367 g/mol. The molecule has 1 saturated heterocycles. The highest BCUT2D eigenvalue weighted by Gasteiger charge is 2.52. The molecule has 1 fully saturated rings. The number of hydrogen-bond donors (Lipinski definition) is 1. The Hall–Kier alpha value is -2.82. The van der Waals surface area contributed by atoms with Crippen LogP contribution in [0.4, 0.5) is 5.69 Å². The molecule has 142 valence electrons. The fourth-order valence-electron chi connectivity index (χ4n) is 3.49. The fraction of sp³-hybridized carbons (Fsp3) is 0.364. The summed E-state index contributed by atoms with van der Waals surface area (Å²) in [6.45, 7) is 6.37. The first-order valence-electron chi connectivity index (χ1n) is 9.01. The molecule has 0 radical (unpaired) electrons. The van der Waals surface area contributed by atoms with Crippen LogP contribution < -0.4 is 4.90 Å². The highest BCUT2D eigenvalue weighted by Crippen LogP contribution is 2.37. The number of carbonyl (C=O) groups is 2. The van der Waals surface area contributed by atoms with Crippen LogP contribution in [0.2, 0.25) is 0 Å². The Morgan fingerprint density at radius 1 is 1.15 bits per heavy atom. The van der Waals surface area contributed by atoms with E-state index < -0.39 is 17.9 Å². The average Bonchev–Trinajstić information content (AvgIpc) is 2.63. The number of hydrogen-bond acceptors (Lipinski definition) is 4. The summed E-state index contributed by atoms with van der Waals surface area (Å²) in [6, 6.07) is 13.8. The Labute approximate surface area is 159 Å². The molecule has 3 rings (SSSR count). The van der Waals surface area contributed by atoms with Crippen LogP contribution in [0.1, 0.15) is 31.9 Å². The Morgan fingerprint density at radius 2 is 1.81 bits per heavy atom. The van der Waals surface area contributed by atoms with E-state index in [2.05, 4.69) is 20.8 Å². The second kappa shape index (κ2) is 7.06. The molecule has 0 saturated carbocycles. The van der Waals surface area contributed by atoms with Crippen molar-refractivity contribution in [1.29, 1.82) is 0 Å². The van der Waals surface area contributed by atoms with Crippen molar-refractivity contribution in [2.24, 2.45) is 5.92 Å². The number of β-lactam (4-membered cyclic amide) rings is 1. The molecule has 1 aliphatic heterocycles. The van der Waals surface area contributed by atoms with Crippen LogP contribution in [-0.4, -0.2) is 30.1 Å². The number of anilines is 1. The van der Waals surface area contributed by atoms with Gasteiger partial charge in [-0.05, 0) is 47.2 Å². The molecule has 1 heterocycles. The van der Waals surface area contributed by atoms with E-state index in [1.165, 1.54) is 12.0 Å². The third-order valence-corrected chi connectivity index (χ3v) is 5.03. The number of benzene rings is 2.